The molecule has 0 spiro atoms. The van der Waals surface area contributed by atoms with Crippen LogP contribution in [0.2, 0.25) is 0 Å². The summed E-state index contributed by atoms with van der Waals surface area (Å²) in [5.74, 6) is -8.49. The molecule has 2 bridgehead atoms. The predicted octanol–water partition coefficient (Wildman–Crippen LogP) is 8.91. The van der Waals surface area contributed by atoms with E-state index in [2.05, 4.69) is 25.6 Å². The summed E-state index contributed by atoms with van der Waals surface area (Å²) in [5, 5.41) is 35.0. The van der Waals surface area contributed by atoms with Crippen molar-refractivity contribution in [3.05, 3.63) is 108 Å². The number of hydrogen-bond donors (Lipinski definition) is 6. The van der Waals surface area contributed by atoms with E-state index in [9.17, 15) is 43.8 Å². The van der Waals surface area contributed by atoms with Crippen LogP contribution in [0.4, 0.5) is 16.6 Å². The second kappa shape index (κ2) is 51.8. The number of piperidine rings is 1. The van der Waals surface area contributed by atoms with Gasteiger partial charge in [-0.2, -0.15) is 10.1 Å². The zero-order valence-corrected chi connectivity index (χ0v) is 74.2. The molecule has 4 aliphatic rings. The molecule has 1 aliphatic carbocycles. The summed E-state index contributed by atoms with van der Waals surface area (Å²) < 4.78 is 88.0. The lowest BCUT2D eigenvalue weighted by molar-refractivity contribution is -0.265. The Bertz CT molecular complexity index is 4360. The van der Waals surface area contributed by atoms with E-state index in [4.69, 9.17) is 87.3 Å². The van der Waals surface area contributed by atoms with E-state index >= 15 is 0 Å². The number of aliphatic hydroxyl groups is 2. The van der Waals surface area contributed by atoms with Gasteiger partial charge in [0, 0.05) is 83.5 Å². The Morgan fingerprint density at radius 3 is 1.99 bits per heavy atom. The van der Waals surface area contributed by atoms with Crippen LogP contribution in [0.5, 0.6) is 0 Å². The van der Waals surface area contributed by atoms with E-state index in [0.717, 1.165) is 22.3 Å². The Balaban J connectivity index is 0.595. The molecular weight excluding hydrogens is 1620 g/mol. The molecule has 15 atom stereocenters. The van der Waals surface area contributed by atoms with Crippen LogP contribution >= 0.6 is 0 Å². The van der Waals surface area contributed by atoms with E-state index < -0.39 is 102 Å². The first kappa shape index (κ1) is 99.9. The number of cyclic esters (lactones) is 1. The van der Waals surface area contributed by atoms with Crippen LogP contribution in [-0.2, 0) is 108 Å². The fourth-order valence-electron chi connectivity index (χ4n) is 16.1. The molecule has 3 aliphatic heterocycles. The number of carbonyl (C=O) groups is 7. The number of carbonyl (C=O) groups excluding carboxylic acids is 7. The van der Waals surface area contributed by atoms with E-state index in [0.29, 0.717) is 203 Å². The minimum absolute atomic E-state index is 0.0195. The number of esters is 1. The Morgan fingerprint density at radius 2 is 1.34 bits per heavy atom. The van der Waals surface area contributed by atoms with Crippen LogP contribution in [-0.4, -0.2) is 276 Å². The van der Waals surface area contributed by atoms with Crippen molar-refractivity contribution in [3.8, 4) is 11.3 Å². The summed E-state index contributed by atoms with van der Waals surface area (Å²) >= 11 is 0. The van der Waals surface area contributed by atoms with Gasteiger partial charge in [0.25, 0.3) is 17.7 Å². The van der Waals surface area contributed by atoms with Crippen molar-refractivity contribution in [3.63, 3.8) is 0 Å². The van der Waals surface area contributed by atoms with Crippen molar-refractivity contribution >= 4 is 75.2 Å². The zero-order valence-electron chi connectivity index (χ0n) is 74.2. The van der Waals surface area contributed by atoms with Gasteiger partial charge in [0.2, 0.25) is 11.7 Å². The summed E-state index contributed by atoms with van der Waals surface area (Å²) in [6.07, 6.45) is 10.9. The fourth-order valence-corrected chi connectivity index (χ4v) is 16.1. The number of nitrogens with zero attached hydrogens (tertiary/aromatic N) is 6. The highest BCUT2D eigenvalue weighted by atomic mass is 16.6. The van der Waals surface area contributed by atoms with Crippen molar-refractivity contribution in [2.75, 3.05) is 152 Å². The van der Waals surface area contributed by atoms with Gasteiger partial charge < -0.3 is 108 Å². The van der Waals surface area contributed by atoms with Crippen molar-refractivity contribution in [1.29, 1.82) is 0 Å². The highest BCUT2D eigenvalue weighted by Crippen LogP contribution is 2.40. The van der Waals surface area contributed by atoms with E-state index in [1.165, 1.54) is 18.3 Å². The van der Waals surface area contributed by atoms with Crippen LogP contribution in [0.1, 0.15) is 143 Å². The molecule has 0 radical (unpaired) electrons. The maximum Gasteiger partial charge on any atom is 0.407 e. The highest BCUT2D eigenvalue weighted by molar-refractivity contribution is 6.39. The number of nitrogens with two attached hydrogens (primary N) is 2. The predicted molar refractivity (Wildman–Crippen MR) is 463 cm³/mol. The molecule has 2 saturated heterocycles. The van der Waals surface area contributed by atoms with Crippen LogP contribution in [0.15, 0.2) is 101 Å². The third-order valence-electron chi connectivity index (χ3n) is 23.4. The second-order valence-electron chi connectivity index (χ2n) is 32.8. The normalized spacial score (nSPS) is 26.6. The number of nitrogen functional groups attached to an aromatic ring is 2. The first-order chi connectivity index (χ1) is 60.3. The van der Waals surface area contributed by atoms with Crippen molar-refractivity contribution < 1.29 is 115 Å². The molecule has 0 unspecified atom stereocenters. The molecule has 3 fully saturated rings. The standard InChI is InChI=1S/C91H132N10O24/c1-58-16-12-11-13-17-59(2)75(111-8)53-69-26-19-64(7)91(110,125-69)84(106)87(107)100-31-15-14-18-71(100)88(108)122-76(54-72(102)60(3)49-63(6)82(105)83(113-10)81(104)62(5)48-58)61(4)50-67-24-27-74(77(51-67)112-9)124-90(109)94-30-33-115-35-37-117-39-41-119-43-45-121-47-46-120-44-42-118-40-38-116-36-34-114-32-29-78(103)95-55-65-20-22-66(23-21-65)56-101-86-79(85(92)96-57-97-86)80(99-101)68-25-28-73-70(52-68)98-89(93)123-73/h11-13,16-17,20-23,25,28,49,52,57-58,60-62,64,67,69,71,74-77,82-83,105,110H,14-15,18-19,24,26-27,29-48,50-51,53-56H2,1-10H3,(H2,93,98)(H,94,109)(H,95,103)(H2,92,96,97)/b13-11+,16-12+,59-17+,63-49+/t58-,60-,61-,62-,64-,67+,69+,71+,74-,75+,76+,77-,82-,83+,91-/m1/s1. The smallest absolute Gasteiger partial charge is 0.407 e. The van der Waals surface area contributed by atoms with Gasteiger partial charge in [-0.05, 0) is 136 Å². The quantitative estimate of drug-likeness (QED) is 0.00924. The monoisotopic (exact) mass is 1750 g/mol. The molecular formula is C91H132N10O24. The molecule has 6 heterocycles. The van der Waals surface area contributed by atoms with Crippen molar-refractivity contribution in [2.24, 2.45) is 35.5 Å². The molecule has 34 heteroatoms. The van der Waals surface area contributed by atoms with Crippen LogP contribution in [0, 0.1) is 35.5 Å². The van der Waals surface area contributed by atoms with Crippen LogP contribution < -0.4 is 22.1 Å². The average Bonchev–Trinajstić information content (AvgIpc) is 1.71. The van der Waals surface area contributed by atoms with Gasteiger partial charge in [-0.3, -0.25) is 24.0 Å². The number of rotatable bonds is 39. The van der Waals surface area contributed by atoms with Gasteiger partial charge in [0.15, 0.2) is 17.0 Å². The molecule has 690 valence electrons. The lowest BCUT2D eigenvalue weighted by atomic mass is 9.78. The summed E-state index contributed by atoms with van der Waals surface area (Å²) in [4.78, 5) is 112. The number of hydrogen-bond acceptors (Lipinski definition) is 30. The van der Waals surface area contributed by atoms with E-state index in [1.807, 2.05) is 87.5 Å². The minimum Gasteiger partial charge on any atom is -0.460 e. The first-order valence-electron chi connectivity index (χ1n) is 43.8. The lowest BCUT2D eigenvalue weighted by Gasteiger charge is -2.42. The number of methoxy groups -OCH3 is 3. The second-order valence-corrected chi connectivity index (χ2v) is 32.8. The number of Topliss-reactive ketones (excluding diaryl/α,β-unsaturated/α-hetero) is 3. The summed E-state index contributed by atoms with van der Waals surface area (Å²) in [5.41, 5.74) is 18.3. The number of alkyl carbamates (subject to hydrolysis) is 1. The van der Waals surface area contributed by atoms with Crippen molar-refractivity contribution in [2.45, 2.75) is 200 Å². The van der Waals surface area contributed by atoms with E-state index in [-0.39, 0.29) is 87.3 Å². The average molecular weight is 1750 g/mol. The molecule has 3 amide bonds. The number of aliphatic hydroxyl groups excluding tert-OH is 1. The molecule has 5 aromatic rings. The highest BCUT2D eigenvalue weighted by Gasteiger charge is 2.53. The third-order valence-corrected chi connectivity index (χ3v) is 23.4. The number of allylic oxidation sites excluding steroid dienone is 6. The molecule has 2 aromatic carbocycles. The Labute approximate surface area is 732 Å². The maximum atomic E-state index is 14.7. The van der Waals surface area contributed by atoms with Gasteiger partial charge in [0.05, 0.1) is 136 Å². The largest absolute Gasteiger partial charge is 0.460 e. The Hall–Kier alpha value is -8.85. The van der Waals surface area contributed by atoms with Crippen LogP contribution in [0.3, 0.4) is 0 Å². The van der Waals surface area contributed by atoms with Gasteiger partial charge >= 0.3 is 12.1 Å². The number of nitrogens with one attached hydrogen (secondary N) is 2. The Kier molecular flexibility index (Phi) is 41.4. The molecule has 1 saturated carbocycles. The number of fused-ring (bicyclic) bond motifs is 5. The van der Waals surface area contributed by atoms with Gasteiger partial charge in [0.1, 0.15) is 59.6 Å². The zero-order chi connectivity index (χ0) is 89.8. The first-order valence-corrected chi connectivity index (χ1v) is 43.8. The van der Waals surface area contributed by atoms with Crippen molar-refractivity contribution in [1.82, 2.24) is 40.3 Å². The SMILES string of the molecule is CO[C@H]1C[C@@H]2CC[C@@H](C)[C@@](O)(O2)C(=O)C(=O)N2CCCC[C@H]2C(=O)O[C@H]([C@H](C)C[C@@H]2CC[C@@H](OC(=O)NCCOCCOCCOCCOCCOCCOCCOCCOCCC(=O)NCc3ccc(Cn4nc(-c5ccc6oc(N)nc6c5)c5c(N)ncnc54)cc3)[C@H](OC)C2)CC(=O)[C@H](C)/C=C(\C)[C@@H](O)[C@@H](OC)C(=O)[C@H](C)C[C@H](C)/C=C/C=C/C=C/1C. The lowest BCUT2D eigenvalue weighted by Crippen LogP contribution is -2.61. The topological polar surface area (TPSA) is 438 Å². The van der Waals surface area contributed by atoms with Gasteiger partial charge in [-0.25, -0.2) is 24.2 Å². The summed E-state index contributed by atoms with van der Waals surface area (Å²) in [7, 11) is 4.48. The molecule has 34 nitrogen and oxygen atoms in total. The Morgan fingerprint density at radius 1 is 0.696 bits per heavy atom. The number of benzene rings is 2. The van der Waals surface area contributed by atoms with Gasteiger partial charge in [-0.1, -0.05) is 95.3 Å². The van der Waals surface area contributed by atoms with Gasteiger partial charge in [-0.15, -0.1) is 0 Å². The summed E-state index contributed by atoms with van der Waals surface area (Å²) in [6.45, 7) is 19.3. The number of ketones is 3. The minimum atomic E-state index is -2.48. The summed E-state index contributed by atoms with van der Waals surface area (Å²) in [6, 6.07) is 12.2. The number of oxazole rings is 1. The molecule has 9 rings (SSSR count). The maximum absolute atomic E-state index is 14.7. The molecule has 3 aromatic heterocycles. The number of ether oxygens (including phenoxy) is 14. The number of amides is 3. The molecule has 125 heavy (non-hydrogen) atoms. The fraction of sp³-hybridized carbons (Fsp3) is 0.637. The number of aromatic nitrogens is 5. The third kappa shape index (κ3) is 30.7. The van der Waals surface area contributed by atoms with E-state index in [1.54, 1.807) is 58.7 Å². The number of anilines is 2. The molecule has 8 N–H and O–H groups in total. The van der Waals surface area contributed by atoms with Crippen LogP contribution in [0.25, 0.3) is 33.4 Å².